The molecule has 0 aliphatic rings. The Balaban J connectivity index is 4.20. The summed E-state index contributed by atoms with van der Waals surface area (Å²) in [6.07, 6.45) is 49.8. The molecular weight excluding hydrogens is 744 g/mol. The molecule has 0 aliphatic carbocycles. The predicted molar refractivity (Wildman–Crippen MR) is 249 cm³/mol. The second-order valence-electron chi connectivity index (χ2n) is 18.2. The van der Waals surface area contributed by atoms with Crippen molar-refractivity contribution >= 4 is 13.7 Å². The Morgan fingerprint density at radius 3 is 1.38 bits per heavy atom. The maximum absolute atomic E-state index is 12.9. The van der Waals surface area contributed by atoms with E-state index in [1.807, 2.05) is 27.2 Å². The lowest BCUT2D eigenvalue weighted by atomic mass is 10.0. The Morgan fingerprint density at radius 1 is 0.569 bits per heavy atom. The van der Waals surface area contributed by atoms with Gasteiger partial charge in [0.1, 0.15) is 13.2 Å². The quantitative estimate of drug-likeness (QED) is 0.0244. The van der Waals surface area contributed by atoms with Gasteiger partial charge < -0.3 is 19.8 Å². The fourth-order valence-corrected chi connectivity index (χ4v) is 7.97. The number of amides is 1. The first kappa shape index (κ1) is 57.0. The third-order valence-corrected chi connectivity index (χ3v) is 12.2. The van der Waals surface area contributed by atoms with Gasteiger partial charge in [0.05, 0.1) is 39.9 Å². The number of nitrogens with zero attached hydrogens (tertiary/aromatic N) is 1. The standard InChI is InChI=1S/C49H97N2O6P/c1-6-8-10-12-14-16-18-20-21-22-23-24-25-26-27-28-29-30-31-33-35-37-39-41-43-49(53)50-47(46-57-58(54,55)56-45-44-51(3,4)5)48(52)42-40-38-36-34-32-19-17-15-13-11-9-7-2/h32,34,40,42,47-48,52H,6-31,33,35-39,41,43-46H2,1-5H3,(H-,50,53,54,55)/p+1/b34-32+,42-40+. The lowest BCUT2D eigenvalue weighted by molar-refractivity contribution is -0.870. The van der Waals surface area contributed by atoms with Gasteiger partial charge in [-0.15, -0.1) is 0 Å². The molecule has 0 saturated carbocycles. The number of likely N-dealkylation sites (N-methyl/N-ethyl adjacent to an activating group) is 1. The summed E-state index contributed by atoms with van der Waals surface area (Å²) >= 11 is 0. The van der Waals surface area contributed by atoms with Crippen LogP contribution in [0.15, 0.2) is 24.3 Å². The van der Waals surface area contributed by atoms with Crippen LogP contribution in [0.4, 0.5) is 0 Å². The highest BCUT2D eigenvalue weighted by molar-refractivity contribution is 7.47. The summed E-state index contributed by atoms with van der Waals surface area (Å²) < 4.78 is 23.6. The summed E-state index contributed by atoms with van der Waals surface area (Å²) in [5.41, 5.74) is 0. The molecule has 0 radical (unpaired) electrons. The van der Waals surface area contributed by atoms with Crippen molar-refractivity contribution in [1.82, 2.24) is 5.32 Å². The average Bonchev–Trinajstić information content (AvgIpc) is 3.17. The van der Waals surface area contributed by atoms with Crippen molar-refractivity contribution in [2.24, 2.45) is 0 Å². The fourth-order valence-electron chi connectivity index (χ4n) is 7.23. The van der Waals surface area contributed by atoms with Crippen LogP contribution in [0.1, 0.15) is 232 Å². The Hall–Kier alpha value is -1.02. The molecule has 0 heterocycles. The number of unbranched alkanes of at least 4 members (excludes halogenated alkanes) is 30. The Labute approximate surface area is 360 Å². The van der Waals surface area contributed by atoms with E-state index in [2.05, 4.69) is 31.3 Å². The van der Waals surface area contributed by atoms with Crippen LogP contribution < -0.4 is 5.32 Å². The first-order chi connectivity index (χ1) is 28.0. The third kappa shape index (κ3) is 43.1. The fraction of sp³-hybridized carbons (Fsp3) is 0.898. The number of phosphoric acid groups is 1. The normalized spacial score (nSPS) is 14.4. The molecule has 9 heteroatoms. The molecule has 344 valence electrons. The van der Waals surface area contributed by atoms with E-state index in [0.717, 1.165) is 38.5 Å². The molecular formula is C49H98N2O6P+. The van der Waals surface area contributed by atoms with Crippen LogP contribution in [-0.2, 0) is 18.4 Å². The first-order valence-electron chi connectivity index (χ1n) is 24.7. The van der Waals surface area contributed by atoms with Crippen LogP contribution in [0, 0.1) is 0 Å². The van der Waals surface area contributed by atoms with E-state index >= 15 is 0 Å². The van der Waals surface area contributed by atoms with Crippen LogP contribution in [0.3, 0.4) is 0 Å². The zero-order valence-corrected chi connectivity index (χ0v) is 39.9. The van der Waals surface area contributed by atoms with Crippen LogP contribution in [0.2, 0.25) is 0 Å². The molecule has 0 aromatic carbocycles. The van der Waals surface area contributed by atoms with Gasteiger partial charge in [-0.3, -0.25) is 13.8 Å². The highest BCUT2D eigenvalue weighted by Crippen LogP contribution is 2.43. The van der Waals surface area contributed by atoms with Gasteiger partial charge in [-0.1, -0.05) is 218 Å². The van der Waals surface area contributed by atoms with E-state index in [9.17, 15) is 19.4 Å². The third-order valence-electron chi connectivity index (χ3n) is 11.2. The number of hydrogen-bond acceptors (Lipinski definition) is 5. The first-order valence-corrected chi connectivity index (χ1v) is 26.2. The molecule has 0 rings (SSSR count). The van der Waals surface area contributed by atoms with E-state index in [0.29, 0.717) is 17.4 Å². The Kier molecular flexibility index (Phi) is 40.6. The number of quaternary nitrogens is 1. The number of carbonyl (C=O) groups excluding carboxylic acids is 1. The molecule has 0 aromatic rings. The molecule has 0 saturated heterocycles. The van der Waals surface area contributed by atoms with Gasteiger partial charge in [-0.25, -0.2) is 4.57 Å². The van der Waals surface area contributed by atoms with Crippen molar-refractivity contribution in [3.63, 3.8) is 0 Å². The highest BCUT2D eigenvalue weighted by atomic mass is 31.2. The lowest BCUT2D eigenvalue weighted by Gasteiger charge is -2.25. The summed E-state index contributed by atoms with van der Waals surface area (Å²) in [4.78, 5) is 23.1. The van der Waals surface area contributed by atoms with Crippen molar-refractivity contribution in [1.29, 1.82) is 0 Å². The van der Waals surface area contributed by atoms with Gasteiger partial charge in [-0.05, 0) is 32.1 Å². The van der Waals surface area contributed by atoms with Gasteiger partial charge in [0.15, 0.2) is 0 Å². The van der Waals surface area contributed by atoms with Crippen molar-refractivity contribution < 1.29 is 32.9 Å². The molecule has 3 atom stereocenters. The highest BCUT2D eigenvalue weighted by Gasteiger charge is 2.27. The minimum atomic E-state index is -4.34. The van der Waals surface area contributed by atoms with Gasteiger partial charge >= 0.3 is 7.82 Å². The van der Waals surface area contributed by atoms with Crippen LogP contribution in [-0.4, -0.2) is 73.4 Å². The summed E-state index contributed by atoms with van der Waals surface area (Å²) in [5, 5.41) is 13.8. The minimum absolute atomic E-state index is 0.0582. The summed E-state index contributed by atoms with van der Waals surface area (Å²) in [6.45, 7) is 4.79. The Morgan fingerprint density at radius 2 is 0.948 bits per heavy atom. The SMILES string of the molecule is CCCCCCCC/C=C/CC/C=C/C(O)C(COP(=O)(O)OCC[N+](C)(C)C)NC(=O)CCCCCCCCCCCCCCCCCCCCCCCCCC. The van der Waals surface area contributed by atoms with E-state index in [1.165, 1.54) is 173 Å². The number of nitrogens with one attached hydrogen (secondary N) is 1. The molecule has 8 nitrogen and oxygen atoms in total. The summed E-state index contributed by atoms with van der Waals surface area (Å²) in [5.74, 6) is -0.184. The number of carbonyl (C=O) groups is 1. The monoisotopic (exact) mass is 842 g/mol. The van der Waals surface area contributed by atoms with E-state index in [-0.39, 0.29) is 19.1 Å². The number of phosphoric ester groups is 1. The number of aliphatic hydroxyl groups is 1. The maximum Gasteiger partial charge on any atom is 0.472 e. The minimum Gasteiger partial charge on any atom is -0.387 e. The number of aliphatic hydroxyl groups excluding tert-OH is 1. The Bertz CT molecular complexity index is 1000. The molecule has 0 spiro atoms. The van der Waals surface area contributed by atoms with Gasteiger partial charge in [-0.2, -0.15) is 0 Å². The lowest BCUT2D eigenvalue weighted by Crippen LogP contribution is -2.45. The van der Waals surface area contributed by atoms with Crippen molar-refractivity contribution in [3.05, 3.63) is 24.3 Å². The predicted octanol–water partition coefficient (Wildman–Crippen LogP) is 14.1. The van der Waals surface area contributed by atoms with Crippen molar-refractivity contribution in [2.75, 3.05) is 40.9 Å². The smallest absolute Gasteiger partial charge is 0.387 e. The summed E-state index contributed by atoms with van der Waals surface area (Å²) in [7, 11) is 1.56. The number of rotatable bonds is 45. The molecule has 1 amide bonds. The molecule has 3 N–H and O–H groups in total. The van der Waals surface area contributed by atoms with E-state index < -0.39 is 20.0 Å². The molecule has 3 unspecified atom stereocenters. The van der Waals surface area contributed by atoms with Crippen LogP contribution >= 0.6 is 7.82 Å². The molecule has 0 fully saturated rings. The topological polar surface area (TPSA) is 105 Å². The second kappa shape index (κ2) is 41.3. The maximum atomic E-state index is 12.9. The second-order valence-corrected chi connectivity index (χ2v) is 19.6. The van der Waals surface area contributed by atoms with E-state index in [1.54, 1.807) is 6.08 Å². The molecule has 58 heavy (non-hydrogen) atoms. The largest absolute Gasteiger partial charge is 0.472 e. The zero-order chi connectivity index (χ0) is 42.8. The van der Waals surface area contributed by atoms with Crippen LogP contribution in [0.25, 0.3) is 0 Å². The van der Waals surface area contributed by atoms with Gasteiger partial charge in [0.25, 0.3) is 0 Å². The van der Waals surface area contributed by atoms with E-state index in [4.69, 9.17) is 9.05 Å². The van der Waals surface area contributed by atoms with Crippen molar-refractivity contribution in [2.45, 2.75) is 244 Å². The zero-order valence-electron chi connectivity index (χ0n) is 39.0. The van der Waals surface area contributed by atoms with Gasteiger partial charge in [0.2, 0.25) is 5.91 Å². The van der Waals surface area contributed by atoms with Crippen LogP contribution in [0.5, 0.6) is 0 Å². The number of hydrogen-bond donors (Lipinski definition) is 3. The molecule has 0 aliphatic heterocycles. The van der Waals surface area contributed by atoms with Gasteiger partial charge in [0, 0.05) is 6.42 Å². The molecule has 0 bridgehead atoms. The summed E-state index contributed by atoms with van der Waals surface area (Å²) in [6, 6.07) is -0.858. The van der Waals surface area contributed by atoms with Crippen molar-refractivity contribution in [3.8, 4) is 0 Å². The average molecular weight is 842 g/mol. The molecule has 0 aromatic heterocycles. The number of allylic oxidation sites excluding steroid dienone is 3.